The zero-order valence-corrected chi connectivity index (χ0v) is 11.9. The standard InChI is InChI=1S/C16H16N2O4/c17-11-3-1-2-10-14(11)12(19)6-4-8(15(10)21)9-5-7-13(20)18-16(9)22/h1-3,8-9H,4-7,17H2,(H,18,20,22). The molecular formula is C16H16N2O4. The number of piperidine rings is 1. The van der Waals surface area contributed by atoms with E-state index in [1.54, 1.807) is 18.2 Å². The summed E-state index contributed by atoms with van der Waals surface area (Å²) in [6, 6.07) is 4.80. The van der Waals surface area contributed by atoms with Crippen LogP contribution in [0.5, 0.6) is 0 Å². The van der Waals surface area contributed by atoms with Gasteiger partial charge in [-0.2, -0.15) is 0 Å². The Hall–Kier alpha value is -2.50. The number of nitrogens with one attached hydrogen (secondary N) is 1. The van der Waals surface area contributed by atoms with E-state index in [2.05, 4.69) is 5.32 Å². The largest absolute Gasteiger partial charge is 0.398 e. The van der Waals surface area contributed by atoms with Crippen molar-refractivity contribution in [3.05, 3.63) is 29.3 Å². The van der Waals surface area contributed by atoms with Gasteiger partial charge in [-0.25, -0.2) is 0 Å². The highest BCUT2D eigenvalue weighted by Crippen LogP contribution is 2.34. The summed E-state index contributed by atoms with van der Waals surface area (Å²) in [5, 5.41) is 2.27. The van der Waals surface area contributed by atoms with Gasteiger partial charge in [0.15, 0.2) is 11.6 Å². The Kier molecular flexibility index (Phi) is 3.52. The van der Waals surface area contributed by atoms with Gasteiger partial charge in [-0.3, -0.25) is 24.5 Å². The zero-order valence-electron chi connectivity index (χ0n) is 11.9. The molecule has 2 unspecified atom stereocenters. The maximum absolute atomic E-state index is 12.8. The summed E-state index contributed by atoms with van der Waals surface area (Å²) in [5.74, 6) is -2.29. The molecule has 1 aliphatic heterocycles. The van der Waals surface area contributed by atoms with Crippen LogP contribution in [-0.4, -0.2) is 23.4 Å². The predicted octanol–water partition coefficient (Wildman–Crippen LogP) is 1.10. The second-order valence-electron chi connectivity index (χ2n) is 5.76. The number of benzene rings is 1. The van der Waals surface area contributed by atoms with Crippen molar-refractivity contribution in [2.75, 3.05) is 5.73 Å². The van der Waals surface area contributed by atoms with Crippen LogP contribution < -0.4 is 11.1 Å². The summed E-state index contributed by atoms with van der Waals surface area (Å²) < 4.78 is 0. The van der Waals surface area contributed by atoms with E-state index in [1.165, 1.54) is 0 Å². The number of nitrogen functional groups attached to an aromatic ring is 1. The maximum atomic E-state index is 12.8. The van der Waals surface area contributed by atoms with E-state index in [9.17, 15) is 19.2 Å². The lowest BCUT2D eigenvalue weighted by Gasteiger charge is -2.27. The van der Waals surface area contributed by atoms with Gasteiger partial charge < -0.3 is 5.73 Å². The number of anilines is 1. The number of imide groups is 1. The molecule has 0 bridgehead atoms. The molecule has 3 N–H and O–H groups in total. The summed E-state index contributed by atoms with van der Waals surface area (Å²) in [5.41, 5.74) is 6.68. The molecule has 1 aromatic rings. The van der Waals surface area contributed by atoms with Crippen molar-refractivity contribution in [1.82, 2.24) is 5.32 Å². The number of nitrogens with two attached hydrogens (primary N) is 1. The van der Waals surface area contributed by atoms with E-state index in [-0.39, 0.29) is 41.4 Å². The third-order valence-corrected chi connectivity index (χ3v) is 4.43. The summed E-state index contributed by atoms with van der Waals surface area (Å²) in [4.78, 5) is 48.3. The first-order chi connectivity index (χ1) is 10.5. The van der Waals surface area contributed by atoms with Crippen LogP contribution in [0.1, 0.15) is 46.4 Å². The second kappa shape index (κ2) is 5.36. The Labute approximate surface area is 127 Å². The minimum Gasteiger partial charge on any atom is -0.398 e. The third-order valence-electron chi connectivity index (χ3n) is 4.43. The average Bonchev–Trinajstić information content (AvgIpc) is 2.59. The van der Waals surface area contributed by atoms with Gasteiger partial charge in [-0.15, -0.1) is 0 Å². The highest BCUT2D eigenvalue weighted by Gasteiger charge is 2.40. The first-order valence-electron chi connectivity index (χ1n) is 7.28. The monoisotopic (exact) mass is 300 g/mol. The minimum atomic E-state index is -0.583. The molecule has 0 spiro atoms. The summed E-state index contributed by atoms with van der Waals surface area (Å²) in [6.07, 6.45) is 1.04. The molecule has 114 valence electrons. The van der Waals surface area contributed by atoms with Crippen LogP contribution in [0.2, 0.25) is 0 Å². The van der Waals surface area contributed by atoms with Gasteiger partial charge in [0, 0.05) is 35.9 Å². The van der Waals surface area contributed by atoms with Gasteiger partial charge in [0.25, 0.3) is 0 Å². The third kappa shape index (κ3) is 2.30. The van der Waals surface area contributed by atoms with Crippen molar-refractivity contribution in [2.24, 2.45) is 11.8 Å². The number of hydrogen-bond acceptors (Lipinski definition) is 5. The molecule has 0 radical (unpaired) electrons. The topological polar surface area (TPSA) is 106 Å². The number of Topliss-reactive ketones (excluding diaryl/α,β-unsaturated/α-hetero) is 2. The lowest BCUT2D eigenvalue weighted by molar-refractivity contribution is -0.137. The summed E-state index contributed by atoms with van der Waals surface area (Å²) >= 11 is 0. The Morgan fingerprint density at radius 3 is 2.45 bits per heavy atom. The number of carbonyl (C=O) groups is 4. The average molecular weight is 300 g/mol. The van der Waals surface area contributed by atoms with Crippen LogP contribution in [0.15, 0.2) is 18.2 Å². The molecule has 6 heteroatoms. The van der Waals surface area contributed by atoms with Gasteiger partial charge in [-0.1, -0.05) is 12.1 Å². The van der Waals surface area contributed by atoms with Crippen LogP contribution >= 0.6 is 0 Å². The molecule has 2 atom stereocenters. The molecule has 1 saturated heterocycles. The smallest absolute Gasteiger partial charge is 0.230 e. The number of rotatable bonds is 1. The summed E-state index contributed by atoms with van der Waals surface area (Å²) in [6.45, 7) is 0. The molecule has 2 amide bonds. The molecule has 0 aromatic heterocycles. The van der Waals surface area contributed by atoms with E-state index < -0.39 is 17.7 Å². The number of amides is 2. The first-order valence-corrected chi connectivity index (χ1v) is 7.28. The Balaban J connectivity index is 1.99. The molecule has 0 saturated carbocycles. The van der Waals surface area contributed by atoms with Gasteiger partial charge in [-0.05, 0) is 18.9 Å². The Bertz CT molecular complexity index is 695. The fourth-order valence-corrected chi connectivity index (χ4v) is 3.31. The van der Waals surface area contributed by atoms with Crippen LogP contribution in [0, 0.1) is 11.8 Å². The maximum Gasteiger partial charge on any atom is 0.230 e. The predicted molar refractivity (Wildman–Crippen MR) is 78.1 cm³/mol. The van der Waals surface area contributed by atoms with Gasteiger partial charge in [0.05, 0.1) is 5.56 Å². The fourth-order valence-electron chi connectivity index (χ4n) is 3.31. The molecule has 22 heavy (non-hydrogen) atoms. The van der Waals surface area contributed by atoms with E-state index in [1.807, 2.05) is 0 Å². The molecule has 3 rings (SSSR count). The number of ketones is 2. The van der Waals surface area contributed by atoms with Crippen LogP contribution in [-0.2, 0) is 9.59 Å². The van der Waals surface area contributed by atoms with Crippen molar-refractivity contribution in [1.29, 1.82) is 0 Å². The van der Waals surface area contributed by atoms with Crippen molar-refractivity contribution >= 4 is 29.1 Å². The van der Waals surface area contributed by atoms with Crippen molar-refractivity contribution in [3.63, 3.8) is 0 Å². The molecule has 1 aromatic carbocycles. The van der Waals surface area contributed by atoms with Gasteiger partial charge in [0.2, 0.25) is 11.8 Å². The quantitative estimate of drug-likeness (QED) is 0.459. The van der Waals surface area contributed by atoms with Crippen LogP contribution in [0.4, 0.5) is 5.69 Å². The van der Waals surface area contributed by atoms with E-state index in [4.69, 9.17) is 5.73 Å². The number of fused-ring (bicyclic) bond motifs is 1. The van der Waals surface area contributed by atoms with Gasteiger partial charge in [0.1, 0.15) is 0 Å². The fraction of sp³-hybridized carbons (Fsp3) is 0.375. The van der Waals surface area contributed by atoms with Crippen LogP contribution in [0.3, 0.4) is 0 Å². The lowest BCUT2D eigenvalue weighted by Crippen LogP contribution is -2.45. The Morgan fingerprint density at radius 1 is 1.00 bits per heavy atom. The van der Waals surface area contributed by atoms with Crippen LogP contribution in [0.25, 0.3) is 0 Å². The normalized spacial score (nSPS) is 25.5. The van der Waals surface area contributed by atoms with Gasteiger partial charge >= 0.3 is 0 Å². The SMILES string of the molecule is Nc1cccc2c1C(=O)CCC(C1CCC(=O)NC1=O)C2=O. The number of carbonyl (C=O) groups excluding carboxylic acids is 4. The molecule has 1 fully saturated rings. The van der Waals surface area contributed by atoms with Crippen molar-refractivity contribution in [3.8, 4) is 0 Å². The lowest BCUT2D eigenvalue weighted by atomic mass is 9.79. The molecule has 2 aliphatic rings. The van der Waals surface area contributed by atoms with Crippen molar-refractivity contribution < 1.29 is 19.2 Å². The second-order valence-corrected chi connectivity index (χ2v) is 5.76. The molecule has 1 heterocycles. The number of hydrogen-bond donors (Lipinski definition) is 2. The zero-order chi connectivity index (χ0) is 15.9. The van der Waals surface area contributed by atoms with E-state index >= 15 is 0 Å². The summed E-state index contributed by atoms with van der Waals surface area (Å²) in [7, 11) is 0. The highest BCUT2D eigenvalue weighted by molar-refractivity contribution is 6.15. The molecular weight excluding hydrogens is 284 g/mol. The Morgan fingerprint density at radius 2 is 1.73 bits per heavy atom. The molecule has 6 nitrogen and oxygen atoms in total. The minimum absolute atomic E-state index is 0.170. The van der Waals surface area contributed by atoms with E-state index in [0.29, 0.717) is 18.5 Å². The highest BCUT2D eigenvalue weighted by atomic mass is 16.2. The van der Waals surface area contributed by atoms with Crippen molar-refractivity contribution in [2.45, 2.75) is 25.7 Å². The first kappa shape index (κ1) is 14.4. The molecule has 1 aliphatic carbocycles. The van der Waals surface area contributed by atoms with E-state index in [0.717, 1.165) is 0 Å².